The van der Waals surface area contributed by atoms with Gasteiger partial charge in [0.25, 0.3) is 0 Å². The second kappa shape index (κ2) is 4.61. The molecule has 0 atom stereocenters. The maximum Gasteiger partial charge on any atom is 0.122 e. The lowest BCUT2D eigenvalue weighted by molar-refractivity contribution is 0.411. The number of aryl methyl sites for hydroxylation is 1. The number of benzene rings is 2. The zero-order chi connectivity index (χ0) is 13.4. The summed E-state index contributed by atoms with van der Waals surface area (Å²) in [5, 5.41) is 0. The first-order chi connectivity index (χ1) is 9.19. The van der Waals surface area contributed by atoms with E-state index in [9.17, 15) is 0 Å². The van der Waals surface area contributed by atoms with Gasteiger partial charge in [0.15, 0.2) is 0 Å². The molecule has 0 fully saturated rings. The first kappa shape index (κ1) is 12.1. The Morgan fingerprint density at radius 1 is 0.947 bits per heavy atom. The number of hydrogen-bond acceptors (Lipinski definition) is 2. The lowest BCUT2D eigenvalue weighted by atomic mass is 10.0. The average Bonchev–Trinajstić information content (AvgIpc) is 2.85. The van der Waals surface area contributed by atoms with E-state index >= 15 is 0 Å². The van der Waals surface area contributed by atoms with E-state index in [1.165, 1.54) is 27.9 Å². The third-order valence-electron chi connectivity index (χ3n) is 3.97. The van der Waals surface area contributed by atoms with Crippen LogP contribution in [-0.2, 0) is 13.1 Å². The van der Waals surface area contributed by atoms with Crippen molar-refractivity contribution in [1.82, 2.24) is 0 Å². The third kappa shape index (κ3) is 2.07. The van der Waals surface area contributed by atoms with Crippen LogP contribution in [0.5, 0.6) is 5.75 Å². The van der Waals surface area contributed by atoms with Gasteiger partial charge in [-0.1, -0.05) is 23.8 Å². The van der Waals surface area contributed by atoms with Crippen LogP contribution < -0.4 is 9.64 Å². The summed E-state index contributed by atoms with van der Waals surface area (Å²) < 4.78 is 5.41. The molecule has 98 valence electrons. The monoisotopic (exact) mass is 253 g/mol. The van der Waals surface area contributed by atoms with Crippen LogP contribution in [0.15, 0.2) is 36.4 Å². The Bertz CT molecular complexity index is 601. The number of anilines is 1. The summed E-state index contributed by atoms with van der Waals surface area (Å²) in [6.07, 6.45) is 0. The quantitative estimate of drug-likeness (QED) is 0.806. The average molecular weight is 253 g/mol. The predicted octanol–water partition coefficient (Wildman–Crippen LogP) is 3.83. The van der Waals surface area contributed by atoms with Crippen LogP contribution in [0, 0.1) is 13.8 Å². The molecule has 0 saturated heterocycles. The summed E-state index contributed by atoms with van der Waals surface area (Å²) in [6.45, 7) is 6.23. The van der Waals surface area contributed by atoms with E-state index in [0.29, 0.717) is 0 Å². The first-order valence-corrected chi connectivity index (χ1v) is 6.66. The molecule has 3 rings (SSSR count). The molecule has 0 amide bonds. The van der Waals surface area contributed by atoms with Crippen molar-refractivity contribution in [2.75, 3.05) is 12.0 Å². The Labute approximate surface area is 114 Å². The number of methoxy groups -OCH3 is 1. The highest BCUT2D eigenvalue weighted by atomic mass is 16.5. The Kier molecular flexibility index (Phi) is 2.94. The van der Waals surface area contributed by atoms with Gasteiger partial charge in [-0.3, -0.25) is 0 Å². The van der Waals surface area contributed by atoms with Crippen LogP contribution >= 0.6 is 0 Å². The first-order valence-electron chi connectivity index (χ1n) is 6.66. The fourth-order valence-corrected chi connectivity index (χ4v) is 2.77. The van der Waals surface area contributed by atoms with Crippen LogP contribution in [0.1, 0.15) is 22.3 Å². The summed E-state index contributed by atoms with van der Waals surface area (Å²) in [6, 6.07) is 13.0. The van der Waals surface area contributed by atoms with Crippen LogP contribution in [0.3, 0.4) is 0 Å². The minimum atomic E-state index is 0.974. The Morgan fingerprint density at radius 2 is 1.68 bits per heavy atom. The van der Waals surface area contributed by atoms with Gasteiger partial charge in [-0.2, -0.15) is 0 Å². The number of ether oxygens (including phenoxy) is 1. The molecule has 2 heteroatoms. The second-order valence-corrected chi connectivity index (χ2v) is 5.22. The molecule has 0 aliphatic carbocycles. The highest BCUT2D eigenvalue weighted by Gasteiger charge is 2.22. The molecule has 1 heterocycles. The molecule has 0 aromatic heterocycles. The van der Waals surface area contributed by atoms with Gasteiger partial charge >= 0.3 is 0 Å². The van der Waals surface area contributed by atoms with E-state index in [2.05, 4.69) is 55.1 Å². The van der Waals surface area contributed by atoms with E-state index in [-0.39, 0.29) is 0 Å². The summed E-state index contributed by atoms with van der Waals surface area (Å²) in [4.78, 5) is 2.41. The molecule has 2 aromatic carbocycles. The van der Waals surface area contributed by atoms with E-state index in [1.54, 1.807) is 7.11 Å². The van der Waals surface area contributed by atoms with E-state index in [4.69, 9.17) is 4.74 Å². The normalized spacial score (nSPS) is 13.5. The van der Waals surface area contributed by atoms with Crippen LogP contribution in [0.4, 0.5) is 5.69 Å². The smallest absolute Gasteiger partial charge is 0.122 e. The lowest BCUT2D eigenvalue weighted by Gasteiger charge is -2.18. The fraction of sp³-hybridized carbons (Fsp3) is 0.294. The van der Waals surface area contributed by atoms with Gasteiger partial charge in [-0.05, 0) is 48.7 Å². The molecule has 19 heavy (non-hydrogen) atoms. The molecule has 2 nitrogen and oxygen atoms in total. The van der Waals surface area contributed by atoms with E-state index in [1.807, 2.05) is 0 Å². The van der Waals surface area contributed by atoms with Crippen molar-refractivity contribution in [2.45, 2.75) is 26.9 Å². The number of nitrogens with zero attached hydrogens (tertiary/aromatic N) is 1. The Balaban J connectivity index is 1.92. The van der Waals surface area contributed by atoms with Gasteiger partial charge in [0, 0.05) is 18.8 Å². The molecule has 2 aromatic rings. The number of fused-ring (bicyclic) bond motifs is 1. The largest absolute Gasteiger partial charge is 0.496 e. The van der Waals surface area contributed by atoms with Gasteiger partial charge in [0.1, 0.15) is 5.75 Å². The predicted molar refractivity (Wildman–Crippen MR) is 78.8 cm³/mol. The van der Waals surface area contributed by atoms with Crippen molar-refractivity contribution in [3.8, 4) is 5.75 Å². The lowest BCUT2D eigenvalue weighted by Crippen LogP contribution is -2.14. The molecule has 0 saturated carbocycles. The van der Waals surface area contributed by atoms with Crippen molar-refractivity contribution in [2.24, 2.45) is 0 Å². The van der Waals surface area contributed by atoms with Crippen molar-refractivity contribution >= 4 is 5.69 Å². The Hall–Kier alpha value is -1.96. The molecular formula is C17H19NO. The molecule has 0 N–H and O–H groups in total. The van der Waals surface area contributed by atoms with Crippen LogP contribution in [-0.4, -0.2) is 7.11 Å². The summed E-state index contributed by atoms with van der Waals surface area (Å²) in [5.74, 6) is 0.990. The minimum Gasteiger partial charge on any atom is -0.496 e. The van der Waals surface area contributed by atoms with Crippen molar-refractivity contribution in [3.05, 3.63) is 58.7 Å². The number of rotatable bonds is 2. The molecule has 0 spiro atoms. The van der Waals surface area contributed by atoms with Gasteiger partial charge in [0.2, 0.25) is 0 Å². The summed E-state index contributed by atoms with van der Waals surface area (Å²) in [7, 11) is 1.74. The van der Waals surface area contributed by atoms with Gasteiger partial charge < -0.3 is 9.64 Å². The standard InChI is InChI=1S/C17H19NO/c1-12-4-7-15(8-5-12)18-10-14-6-9-17(19-3)13(2)16(14)11-18/h4-9H,10-11H2,1-3H3. The maximum atomic E-state index is 5.41. The topological polar surface area (TPSA) is 12.5 Å². The molecule has 0 bridgehead atoms. The number of hydrogen-bond donors (Lipinski definition) is 0. The maximum absolute atomic E-state index is 5.41. The summed E-state index contributed by atoms with van der Waals surface area (Å²) >= 11 is 0. The summed E-state index contributed by atoms with van der Waals surface area (Å²) in [5.41, 5.74) is 6.70. The molecule has 1 aliphatic heterocycles. The molecule has 0 radical (unpaired) electrons. The Morgan fingerprint density at radius 3 is 2.37 bits per heavy atom. The molecule has 0 unspecified atom stereocenters. The highest BCUT2D eigenvalue weighted by Crippen LogP contribution is 2.34. The van der Waals surface area contributed by atoms with E-state index < -0.39 is 0 Å². The van der Waals surface area contributed by atoms with Crippen molar-refractivity contribution in [3.63, 3.8) is 0 Å². The van der Waals surface area contributed by atoms with Gasteiger partial charge in [0.05, 0.1) is 7.11 Å². The van der Waals surface area contributed by atoms with Crippen LogP contribution in [0.2, 0.25) is 0 Å². The third-order valence-corrected chi connectivity index (χ3v) is 3.97. The minimum absolute atomic E-state index is 0.974. The fourth-order valence-electron chi connectivity index (χ4n) is 2.77. The van der Waals surface area contributed by atoms with Gasteiger partial charge in [-0.15, -0.1) is 0 Å². The zero-order valence-corrected chi connectivity index (χ0v) is 11.7. The second-order valence-electron chi connectivity index (χ2n) is 5.22. The van der Waals surface area contributed by atoms with E-state index in [0.717, 1.165) is 18.8 Å². The molecular weight excluding hydrogens is 234 g/mol. The van der Waals surface area contributed by atoms with Crippen molar-refractivity contribution < 1.29 is 4.74 Å². The highest BCUT2D eigenvalue weighted by molar-refractivity contribution is 5.56. The van der Waals surface area contributed by atoms with Crippen molar-refractivity contribution in [1.29, 1.82) is 0 Å². The van der Waals surface area contributed by atoms with Crippen LogP contribution in [0.25, 0.3) is 0 Å². The molecule has 1 aliphatic rings. The zero-order valence-electron chi connectivity index (χ0n) is 11.7. The SMILES string of the molecule is COc1ccc2c(c1C)CN(c1ccc(C)cc1)C2. The van der Waals surface area contributed by atoms with Gasteiger partial charge in [-0.25, -0.2) is 0 Å².